The van der Waals surface area contributed by atoms with Gasteiger partial charge in [-0.05, 0) is 42.3 Å². The van der Waals surface area contributed by atoms with Crippen molar-refractivity contribution in [3.8, 4) is 17.2 Å². The van der Waals surface area contributed by atoms with E-state index in [9.17, 15) is 10.2 Å². The first-order valence-electron chi connectivity index (χ1n) is 8.91. The quantitative estimate of drug-likeness (QED) is 0.740. The molecule has 1 aliphatic rings. The van der Waals surface area contributed by atoms with Crippen LogP contribution in [0.1, 0.15) is 31.1 Å². The van der Waals surface area contributed by atoms with Gasteiger partial charge in [0.15, 0.2) is 11.5 Å². The molecule has 146 valence electrons. The van der Waals surface area contributed by atoms with Gasteiger partial charge in [0.1, 0.15) is 5.75 Å². The lowest BCUT2D eigenvalue weighted by atomic mass is 9.84. The third-order valence-corrected chi connectivity index (χ3v) is 5.01. The van der Waals surface area contributed by atoms with Gasteiger partial charge in [0.2, 0.25) is 6.79 Å². The number of aliphatic hydroxyl groups excluding tert-OH is 1. The molecular formula is C21H26O6. The summed E-state index contributed by atoms with van der Waals surface area (Å²) in [7, 11) is 1.62. The van der Waals surface area contributed by atoms with Gasteiger partial charge in [0.25, 0.3) is 0 Å². The molecule has 2 N–H and O–H groups in total. The van der Waals surface area contributed by atoms with Gasteiger partial charge >= 0.3 is 0 Å². The zero-order valence-electron chi connectivity index (χ0n) is 15.8. The molecule has 3 atom stereocenters. The zero-order valence-corrected chi connectivity index (χ0v) is 15.8. The second-order valence-electron chi connectivity index (χ2n) is 7.04. The van der Waals surface area contributed by atoms with Crippen molar-refractivity contribution in [1.29, 1.82) is 0 Å². The molecule has 2 aromatic carbocycles. The summed E-state index contributed by atoms with van der Waals surface area (Å²) in [4.78, 5) is 0. The second kappa shape index (κ2) is 8.17. The van der Waals surface area contributed by atoms with Crippen molar-refractivity contribution in [2.45, 2.75) is 32.2 Å². The molecule has 6 nitrogen and oxygen atoms in total. The van der Waals surface area contributed by atoms with Crippen molar-refractivity contribution >= 4 is 0 Å². The Hall–Kier alpha value is -2.28. The number of aliphatic hydroxyl groups is 2. The van der Waals surface area contributed by atoms with Crippen LogP contribution in [0.15, 0.2) is 42.5 Å². The lowest BCUT2D eigenvalue weighted by Gasteiger charge is -2.33. The highest BCUT2D eigenvalue weighted by atomic mass is 16.7. The smallest absolute Gasteiger partial charge is 0.231 e. The molecule has 0 aliphatic carbocycles. The molecule has 0 radical (unpaired) electrons. The fourth-order valence-electron chi connectivity index (χ4n) is 2.95. The molecule has 0 amide bonds. The van der Waals surface area contributed by atoms with Gasteiger partial charge in [-0.15, -0.1) is 0 Å². The Bertz CT molecular complexity index is 756. The third-order valence-electron chi connectivity index (χ3n) is 5.01. The second-order valence-corrected chi connectivity index (χ2v) is 7.04. The van der Waals surface area contributed by atoms with E-state index in [-0.39, 0.29) is 13.4 Å². The molecule has 6 heteroatoms. The number of hydrogen-bond donors (Lipinski definition) is 2. The van der Waals surface area contributed by atoms with Gasteiger partial charge in [0, 0.05) is 5.92 Å². The Morgan fingerprint density at radius 3 is 2.52 bits per heavy atom. The van der Waals surface area contributed by atoms with Crippen molar-refractivity contribution in [2.75, 3.05) is 20.5 Å². The summed E-state index contributed by atoms with van der Waals surface area (Å²) in [6.07, 6.45) is -0.862. The number of rotatable bonds is 8. The first kappa shape index (κ1) is 19.5. The van der Waals surface area contributed by atoms with E-state index in [1.807, 2.05) is 24.3 Å². The van der Waals surface area contributed by atoms with Gasteiger partial charge in [-0.25, -0.2) is 0 Å². The lowest BCUT2D eigenvalue weighted by molar-refractivity contribution is -0.104. The predicted octanol–water partition coefficient (Wildman–Crippen LogP) is 3.06. The Kier molecular flexibility index (Phi) is 5.89. The summed E-state index contributed by atoms with van der Waals surface area (Å²) >= 11 is 0. The maximum absolute atomic E-state index is 10.8. The first-order valence-corrected chi connectivity index (χ1v) is 8.91. The molecule has 0 saturated carbocycles. The highest BCUT2D eigenvalue weighted by Crippen LogP contribution is 2.37. The molecule has 0 spiro atoms. The van der Waals surface area contributed by atoms with E-state index < -0.39 is 17.6 Å². The minimum atomic E-state index is -1.21. The number of benzene rings is 2. The van der Waals surface area contributed by atoms with Crippen LogP contribution in [0.25, 0.3) is 0 Å². The fourth-order valence-corrected chi connectivity index (χ4v) is 2.95. The number of fused-ring (bicyclic) bond motifs is 1. The van der Waals surface area contributed by atoms with Crippen molar-refractivity contribution in [3.05, 3.63) is 53.6 Å². The van der Waals surface area contributed by atoms with Crippen molar-refractivity contribution in [3.63, 3.8) is 0 Å². The maximum Gasteiger partial charge on any atom is 0.231 e. The molecule has 0 saturated heterocycles. The molecule has 0 aromatic heterocycles. The topological polar surface area (TPSA) is 77.4 Å². The molecule has 1 aliphatic heterocycles. The summed E-state index contributed by atoms with van der Waals surface area (Å²) in [5, 5.41) is 21.5. The van der Waals surface area contributed by atoms with E-state index >= 15 is 0 Å². The SMILES string of the molecule is COc1ccc(COC[C@](C)(O)[C@H](C)[C@H](O)c2ccc3c(c2)OCO3)cc1. The minimum Gasteiger partial charge on any atom is -0.497 e. The van der Waals surface area contributed by atoms with E-state index in [2.05, 4.69) is 0 Å². The van der Waals surface area contributed by atoms with Gasteiger partial charge in [-0.2, -0.15) is 0 Å². The number of ether oxygens (including phenoxy) is 4. The van der Waals surface area contributed by atoms with E-state index in [4.69, 9.17) is 18.9 Å². The molecule has 0 fully saturated rings. The summed E-state index contributed by atoms with van der Waals surface area (Å²) in [5.41, 5.74) is 0.445. The molecular weight excluding hydrogens is 348 g/mol. The summed E-state index contributed by atoms with van der Waals surface area (Å²) < 4.78 is 21.5. The lowest BCUT2D eigenvalue weighted by Crippen LogP contribution is -2.41. The molecule has 0 bridgehead atoms. The summed E-state index contributed by atoms with van der Waals surface area (Å²) in [6.45, 7) is 4.12. The summed E-state index contributed by atoms with van der Waals surface area (Å²) in [6, 6.07) is 12.9. The van der Waals surface area contributed by atoms with Gasteiger partial charge in [-0.1, -0.05) is 25.1 Å². The van der Waals surface area contributed by atoms with Crippen LogP contribution in [0.2, 0.25) is 0 Å². The predicted molar refractivity (Wildman–Crippen MR) is 100.0 cm³/mol. The highest BCUT2D eigenvalue weighted by molar-refractivity contribution is 5.45. The minimum absolute atomic E-state index is 0.0990. The van der Waals surface area contributed by atoms with Crippen LogP contribution in [0.4, 0.5) is 0 Å². The molecule has 2 aromatic rings. The Morgan fingerprint density at radius 2 is 1.81 bits per heavy atom. The first-order chi connectivity index (χ1) is 12.9. The van der Waals surface area contributed by atoms with Crippen LogP contribution in [0.5, 0.6) is 17.2 Å². The molecule has 1 heterocycles. The van der Waals surface area contributed by atoms with Crippen molar-refractivity contribution in [1.82, 2.24) is 0 Å². The normalized spacial score (nSPS) is 17.2. The standard InChI is InChI=1S/C21H26O6/c1-14(20(22)16-6-9-18-19(10-16)27-13-26-18)21(2,23)12-25-11-15-4-7-17(24-3)8-5-15/h4-10,14,20,22-23H,11-13H2,1-3H3/t14-,20+,21+/m1/s1. The van der Waals surface area contributed by atoms with E-state index in [0.717, 1.165) is 11.3 Å². The Morgan fingerprint density at radius 1 is 1.11 bits per heavy atom. The summed E-state index contributed by atoms with van der Waals surface area (Å²) in [5.74, 6) is 1.60. The van der Waals surface area contributed by atoms with Crippen LogP contribution in [-0.2, 0) is 11.3 Å². The number of hydrogen-bond acceptors (Lipinski definition) is 6. The van der Waals surface area contributed by atoms with Gasteiger partial charge in [-0.3, -0.25) is 0 Å². The van der Waals surface area contributed by atoms with E-state index in [1.54, 1.807) is 39.2 Å². The maximum atomic E-state index is 10.8. The monoisotopic (exact) mass is 374 g/mol. The average Bonchev–Trinajstić information content (AvgIpc) is 3.15. The fraction of sp³-hybridized carbons (Fsp3) is 0.429. The third kappa shape index (κ3) is 4.53. The Labute approximate surface area is 159 Å². The van der Waals surface area contributed by atoms with Crippen LogP contribution in [-0.4, -0.2) is 36.3 Å². The van der Waals surface area contributed by atoms with Crippen LogP contribution >= 0.6 is 0 Å². The van der Waals surface area contributed by atoms with Gasteiger partial charge in [0.05, 0.1) is 32.0 Å². The zero-order chi connectivity index (χ0) is 19.4. The highest BCUT2D eigenvalue weighted by Gasteiger charge is 2.35. The van der Waals surface area contributed by atoms with Crippen LogP contribution in [0, 0.1) is 5.92 Å². The molecule has 3 rings (SSSR count). The van der Waals surface area contributed by atoms with Crippen LogP contribution < -0.4 is 14.2 Å². The molecule has 0 unspecified atom stereocenters. The molecule has 27 heavy (non-hydrogen) atoms. The van der Waals surface area contributed by atoms with Gasteiger partial charge < -0.3 is 29.2 Å². The largest absolute Gasteiger partial charge is 0.497 e. The van der Waals surface area contributed by atoms with Crippen molar-refractivity contribution < 1.29 is 29.2 Å². The van der Waals surface area contributed by atoms with Crippen LogP contribution in [0.3, 0.4) is 0 Å². The van der Waals surface area contributed by atoms with Crippen molar-refractivity contribution in [2.24, 2.45) is 5.92 Å². The van der Waals surface area contributed by atoms with E-state index in [0.29, 0.717) is 23.7 Å². The van der Waals surface area contributed by atoms with E-state index in [1.165, 1.54) is 0 Å². The number of methoxy groups -OCH3 is 1. The Balaban J connectivity index is 1.57. The average molecular weight is 374 g/mol.